The zero-order valence-corrected chi connectivity index (χ0v) is 12.5. The number of hydrogen-bond acceptors (Lipinski definition) is 5. The minimum atomic E-state index is -0.154. The van der Waals surface area contributed by atoms with Crippen molar-refractivity contribution in [2.24, 2.45) is 5.10 Å². The number of aromatic nitrogens is 2. The Morgan fingerprint density at radius 1 is 1.22 bits per heavy atom. The van der Waals surface area contributed by atoms with Gasteiger partial charge < -0.3 is 4.42 Å². The van der Waals surface area contributed by atoms with E-state index in [1.807, 2.05) is 30.3 Å². The molecule has 114 valence electrons. The lowest BCUT2D eigenvalue weighted by Crippen LogP contribution is -2.24. The largest absolute Gasteiger partial charge is 0.463 e. The van der Waals surface area contributed by atoms with Gasteiger partial charge in [-0.1, -0.05) is 6.07 Å². The number of fused-ring (bicyclic) bond motifs is 1. The summed E-state index contributed by atoms with van der Waals surface area (Å²) in [6.07, 6.45) is 5.54. The topological polar surface area (TPSA) is 71.6 Å². The van der Waals surface area contributed by atoms with Crippen LogP contribution in [0.4, 0.5) is 0 Å². The summed E-state index contributed by atoms with van der Waals surface area (Å²) in [6, 6.07) is 9.36. The van der Waals surface area contributed by atoms with E-state index in [-0.39, 0.29) is 11.9 Å². The summed E-state index contributed by atoms with van der Waals surface area (Å²) < 4.78 is 5.41. The molecule has 0 spiro atoms. The molecule has 1 aliphatic heterocycles. The predicted molar refractivity (Wildman–Crippen MR) is 84.7 cm³/mol. The molecule has 23 heavy (non-hydrogen) atoms. The Hall–Kier alpha value is -3.02. The Kier molecular flexibility index (Phi) is 3.15. The van der Waals surface area contributed by atoms with Gasteiger partial charge in [0.05, 0.1) is 23.3 Å². The quantitative estimate of drug-likeness (QED) is 0.730. The summed E-state index contributed by atoms with van der Waals surface area (Å²) in [5.41, 5.74) is 3.39. The lowest BCUT2D eigenvalue weighted by atomic mass is 10.0. The molecule has 6 heteroatoms. The molecule has 0 fully saturated rings. The molecule has 0 N–H and O–H groups in total. The minimum absolute atomic E-state index is 0.101. The van der Waals surface area contributed by atoms with E-state index in [1.165, 1.54) is 11.9 Å². The number of amides is 1. The zero-order valence-electron chi connectivity index (χ0n) is 12.5. The highest BCUT2D eigenvalue weighted by molar-refractivity contribution is 6.01. The number of carbonyl (C=O) groups excluding carboxylic acids is 1. The molecule has 3 heterocycles. The van der Waals surface area contributed by atoms with Crippen LogP contribution < -0.4 is 0 Å². The molecule has 0 saturated carbocycles. The number of furan rings is 1. The molecule has 6 nitrogen and oxygen atoms in total. The van der Waals surface area contributed by atoms with Crippen LogP contribution in [0.2, 0.25) is 0 Å². The van der Waals surface area contributed by atoms with Crippen LogP contribution in [-0.4, -0.2) is 26.6 Å². The Balaban J connectivity index is 1.73. The van der Waals surface area contributed by atoms with Crippen molar-refractivity contribution in [2.45, 2.75) is 19.4 Å². The third-order valence-electron chi connectivity index (χ3n) is 3.92. The third-order valence-corrected chi connectivity index (χ3v) is 3.92. The standard InChI is InChI=1S/C17H14N4O2/c1-11(22)21-16(10-15(20-21)17-3-2-8-23-17)12-4-5-13-14(9-12)19-7-6-18-13/h2-9,16H,10H2,1H3/t16-/m0/s1. The van der Waals surface area contributed by atoms with E-state index in [2.05, 4.69) is 15.1 Å². The first-order valence-electron chi connectivity index (χ1n) is 7.34. The highest BCUT2D eigenvalue weighted by Gasteiger charge is 2.32. The Labute approximate surface area is 132 Å². The molecule has 1 aromatic carbocycles. The van der Waals surface area contributed by atoms with E-state index in [0.717, 1.165) is 22.3 Å². The van der Waals surface area contributed by atoms with E-state index in [0.29, 0.717) is 12.2 Å². The van der Waals surface area contributed by atoms with Crippen molar-refractivity contribution in [3.8, 4) is 0 Å². The Morgan fingerprint density at radius 2 is 2.04 bits per heavy atom. The molecule has 0 radical (unpaired) electrons. The maximum Gasteiger partial charge on any atom is 0.240 e. The monoisotopic (exact) mass is 306 g/mol. The smallest absolute Gasteiger partial charge is 0.240 e. The molecular formula is C17H14N4O2. The van der Waals surface area contributed by atoms with Gasteiger partial charge in [-0.3, -0.25) is 14.8 Å². The molecule has 1 atom stereocenters. The van der Waals surface area contributed by atoms with Crippen LogP contribution in [0.3, 0.4) is 0 Å². The van der Waals surface area contributed by atoms with Crippen LogP contribution in [0.1, 0.15) is 30.7 Å². The molecule has 1 aliphatic rings. The second kappa shape index (κ2) is 5.31. The van der Waals surface area contributed by atoms with Crippen molar-refractivity contribution in [3.63, 3.8) is 0 Å². The van der Waals surface area contributed by atoms with Crippen LogP contribution in [0.15, 0.2) is 58.5 Å². The number of rotatable bonds is 2. The van der Waals surface area contributed by atoms with Gasteiger partial charge in [0.1, 0.15) is 11.5 Å². The van der Waals surface area contributed by atoms with Crippen LogP contribution in [0, 0.1) is 0 Å². The van der Waals surface area contributed by atoms with E-state index >= 15 is 0 Å². The van der Waals surface area contributed by atoms with Crippen LogP contribution in [0.25, 0.3) is 11.0 Å². The Bertz CT molecular complexity index is 902. The van der Waals surface area contributed by atoms with E-state index < -0.39 is 0 Å². The predicted octanol–water partition coefficient (Wildman–Crippen LogP) is 2.92. The van der Waals surface area contributed by atoms with E-state index in [4.69, 9.17) is 4.42 Å². The molecule has 4 rings (SSSR count). The maximum atomic E-state index is 12.0. The molecular weight excluding hydrogens is 292 g/mol. The summed E-state index contributed by atoms with van der Waals surface area (Å²) in [7, 11) is 0. The Morgan fingerprint density at radius 3 is 2.78 bits per heavy atom. The zero-order chi connectivity index (χ0) is 15.8. The third kappa shape index (κ3) is 2.38. The van der Waals surface area contributed by atoms with Gasteiger partial charge in [-0.2, -0.15) is 5.10 Å². The van der Waals surface area contributed by atoms with E-state index in [1.54, 1.807) is 18.7 Å². The molecule has 1 amide bonds. The lowest BCUT2D eigenvalue weighted by Gasteiger charge is -2.20. The molecule has 3 aromatic rings. The van der Waals surface area contributed by atoms with Gasteiger partial charge in [-0.15, -0.1) is 0 Å². The molecule has 0 aliphatic carbocycles. The minimum Gasteiger partial charge on any atom is -0.463 e. The fourth-order valence-electron chi connectivity index (χ4n) is 2.84. The molecule has 2 aromatic heterocycles. The first-order chi connectivity index (χ1) is 11.2. The number of hydrazone groups is 1. The molecule has 0 unspecified atom stereocenters. The van der Waals surface area contributed by atoms with Crippen molar-refractivity contribution in [1.29, 1.82) is 0 Å². The first-order valence-corrected chi connectivity index (χ1v) is 7.34. The van der Waals surface area contributed by atoms with Gasteiger partial charge in [0.25, 0.3) is 0 Å². The molecule has 0 saturated heterocycles. The SMILES string of the molecule is CC(=O)N1N=C(c2ccco2)C[C@H]1c1ccc2nccnc2c1. The highest BCUT2D eigenvalue weighted by Crippen LogP contribution is 2.33. The average Bonchev–Trinajstić information content (AvgIpc) is 3.23. The van der Waals surface area contributed by atoms with Crippen LogP contribution in [-0.2, 0) is 4.79 Å². The van der Waals surface area contributed by atoms with Gasteiger partial charge in [-0.05, 0) is 29.8 Å². The second-order valence-corrected chi connectivity index (χ2v) is 5.41. The summed E-state index contributed by atoms with van der Waals surface area (Å²) in [5.74, 6) is 0.593. The maximum absolute atomic E-state index is 12.0. The van der Waals surface area contributed by atoms with Crippen molar-refractivity contribution in [1.82, 2.24) is 15.0 Å². The van der Waals surface area contributed by atoms with Crippen molar-refractivity contribution < 1.29 is 9.21 Å². The molecule has 0 bridgehead atoms. The van der Waals surface area contributed by atoms with Gasteiger partial charge in [0, 0.05) is 25.7 Å². The van der Waals surface area contributed by atoms with Crippen LogP contribution >= 0.6 is 0 Å². The fraction of sp³-hybridized carbons (Fsp3) is 0.176. The van der Waals surface area contributed by atoms with Crippen molar-refractivity contribution >= 4 is 22.7 Å². The summed E-state index contributed by atoms with van der Waals surface area (Å²) in [6.45, 7) is 1.52. The number of carbonyl (C=O) groups is 1. The normalized spacial score (nSPS) is 17.5. The first kappa shape index (κ1) is 13.6. The van der Waals surface area contributed by atoms with Gasteiger partial charge in [-0.25, -0.2) is 5.01 Å². The van der Waals surface area contributed by atoms with Gasteiger partial charge >= 0.3 is 0 Å². The summed E-state index contributed by atoms with van der Waals surface area (Å²) >= 11 is 0. The second-order valence-electron chi connectivity index (χ2n) is 5.41. The van der Waals surface area contributed by atoms with Gasteiger partial charge in [0.2, 0.25) is 5.91 Å². The van der Waals surface area contributed by atoms with E-state index in [9.17, 15) is 4.79 Å². The van der Waals surface area contributed by atoms with Crippen molar-refractivity contribution in [2.75, 3.05) is 0 Å². The average molecular weight is 306 g/mol. The summed E-state index contributed by atoms with van der Waals surface area (Å²) in [5, 5.41) is 5.95. The van der Waals surface area contributed by atoms with Crippen molar-refractivity contribution in [3.05, 3.63) is 60.3 Å². The number of hydrogen-bond donors (Lipinski definition) is 0. The number of benzene rings is 1. The fourth-order valence-corrected chi connectivity index (χ4v) is 2.84. The van der Waals surface area contributed by atoms with Crippen LogP contribution in [0.5, 0.6) is 0 Å². The van der Waals surface area contributed by atoms with Gasteiger partial charge in [0.15, 0.2) is 0 Å². The summed E-state index contributed by atoms with van der Waals surface area (Å²) in [4.78, 5) is 20.6. The number of nitrogens with zero attached hydrogens (tertiary/aromatic N) is 4. The highest BCUT2D eigenvalue weighted by atomic mass is 16.3. The lowest BCUT2D eigenvalue weighted by molar-refractivity contribution is -0.130.